The average Bonchev–Trinajstić information content (AvgIpc) is 2.66. The molecule has 1 aliphatic carbocycles. The van der Waals surface area contributed by atoms with Crippen LogP contribution < -0.4 is 5.32 Å². The molecule has 0 atom stereocenters. The van der Waals surface area contributed by atoms with Crippen molar-refractivity contribution in [3.63, 3.8) is 0 Å². The van der Waals surface area contributed by atoms with Crippen LogP contribution in [0.5, 0.6) is 0 Å². The van der Waals surface area contributed by atoms with Crippen molar-refractivity contribution >= 4 is 11.9 Å². The first-order chi connectivity index (χ1) is 9.03. The number of carbonyl (C=O) groups is 2. The molecule has 1 amide bonds. The number of amides is 1. The van der Waals surface area contributed by atoms with Crippen molar-refractivity contribution in [3.05, 3.63) is 0 Å². The Hall–Kier alpha value is -1.06. The Bertz CT molecular complexity index is 303. The lowest BCUT2D eigenvalue weighted by Gasteiger charge is -2.33. The van der Waals surface area contributed by atoms with Crippen molar-refractivity contribution < 1.29 is 14.7 Å². The first-order valence-electron chi connectivity index (χ1n) is 7.57. The minimum absolute atomic E-state index is 0.0124. The molecule has 0 spiro atoms. The summed E-state index contributed by atoms with van der Waals surface area (Å²) >= 11 is 0. The zero-order valence-electron chi connectivity index (χ0n) is 12.2. The van der Waals surface area contributed by atoms with Gasteiger partial charge in [0.25, 0.3) is 0 Å². The number of hydrogen-bond donors (Lipinski definition) is 2. The fourth-order valence-corrected chi connectivity index (χ4v) is 2.92. The lowest BCUT2D eigenvalue weighted by molar-refractivity contribution is -0.139. The van der Waals surface area contributed by atoms with Crippen LogP contribution in [0.3, 0.4) is 0 Å². The molecule has 0 aromatic carbocycles. The van der Waals surface area contributed by atoms with Gasteiger partial charge >= 0.3 is 5.97 Å². The van der Waals surface area contributed by atoms with Crippen molar-refractivity contribution in [2.45, 2.75) is 77.2 Å². The molecular weight excluding hydrogens is 242 g/mol. The average molecular weight is 269 g/mol. The molecule has 1 rings (SSSR count). The molecule has 19 heavy (non-hydrogen) atoms. The molecule has 1 aliphatic rings. The Morgan fingerprint density at radius 2 is 1.63 bits per heavy atom. The summed E-state index contributed by atoms with van der Waals surface area (Å²) < 4.78 is 0. The van der Waals surface area contributed by atoms with Crippen molar-refractivity contribution in [2.75, 3.05) is 0 Å². The molecule has 1 fully saturated rings. The van der Waals surface area contributed by atoms with Crippen molar-refractivity contribution in [1.29, 1.82) is 0 Å². The molecule has 0 aliphatic heterocycles. The molecule has 0 bridgehead atoms. The summed E-state index contributed by atoms with van der Waals surface area (Å²) in [7, 11) is 0. The van der Waals surface area contributed by atoms with E-state index >= 15 is 0 Å². The monoisotopic (exact) mass is 269 g/mol. The number of carboxylic acids is 1. The van der Waals surface area contributed by atoms with Gasteiger partial charge in [-0.2, -0.15) is 0 Å². The van der Waals surface area contributed by atoms with Crippen LogP contribution in [-0.4, -0.2) is 22.5 Å². The Morgan fingerprint density at radius 3 is 2.05 bits per heavy atom. The number of nitrogens with one attached hydrogen (secondary N) is 1. The topological polar surface area (TPSA) is 66.4 Å². The molecule has 2 N–H and O–H groups in total. The van der Waals surface area contributed by atoms with Crippen LogP contribution in [0, 0.1) is 5.92 Å². The molecule has 0 unspecified atom stereocenters. The molecule has 1 saturated carbocycles. The summed E-state index contributed by atoms with van der Waals surface area (Å²) in [6.07, 6.45) is 7.88. The van der Waals surface area contributed by atoms with E-state index in [0.29, 0.717) is 12.8 Å². The van der Waals surface area contributed by atoms with Gasteiger partial charge in [0, 0.05) is 11.5 Å². The van der Waals surface area contributed by atoms with E-state index in [0.717, 1.165) is 25.7 Å². The highest BCUT2D eigenvalue weighted by Crippen LogP contribution is 2.26. The van der Waals surface area contributed by atoms with Crippen LogP contribution in [0.1, 0.15) is 71.6 Å². The molecule has 4 nitrogen and oxygen atoms in total. The van der Waals surface area contributed by atoms with E-state index in [1.165, 1.54) is 12.8 Å². The Balaban J connectivity index is 2.66. The van der Waals surface area contributed by atoms with Gasteiger partial charge in [0.1, 0.15) is 0 Å². The van der Waals surface area contributed by atoms with Gasteiger partial charge in [0.15, 0.2) is 0 Å². The Morgan fingerprint density at radius 1 is 1.11 bits per heavy atom. The minimum Gasteiger partial charge on any atom is -0.481 e. The third kappa shape index (κ3) is 4.84. The van der Waals surface area contributed by atoms with Crippen LogP contribution in [0.25, 0.3) is 0 Å². The SMILES string of the molecule is CCC(CC)(CC(=O)O)NC(=O)C1CCCCCC1. The molecule has 4 heteroatoms. The largest absolute Gasteiger partial charge is 0.481 e. The van der Waals surface area contributed by atoms with Crippen LogP contribution >= 0.6 is 0 Å². The number of carboxylic acid groups (broad SMARTS) is 1. The maximum absolute atomic E-state index is 12.4. The Kier molecular flexibility index (Phi) is 6.32. The fourth-order valence-electron chi connectivity index (χ4n) is 2.92. The number of hydrogen-bond acceptors (Lipinski definition) is 2. The standard InChI is InChI=1S/C15H27NO3/c1-3-15(4-2,11-13(17)18)16-14(19)12-9-7-5-6-8-10-12/h12H,3-11H2,1-2H3,(H,16,19)(H,17,18). The normalized spacial score (nSPS) is 17.8. The second-order valence-electron chi connectivity index (χ2n) is 5.74. The lowest BCUT2D eigenvalue weighted by Crippen LogP contribution is -2.51. The Labute approximate surface area is 116 Å². The first-order valence-corrected chi connectivity index (χ1v) is 7.57. The van der Waals surface area contributed by atoms with E-state index in [9.17, 15) is 9.59 Å². The van der Waals surface area contributed by atoms with E-state index in [1.54, 1.807) is 0 Å². The van der Waals surface area contributed by atoms with Crippen molar-refractivity contribution in [1.82, 2.24) is 5.32 Å². The highest BCUT2D eigenvalue weighted by molar-refractivity contribution is 5.80. The molecule has 0 saturated heterocycles. The van der Waals surface area contributed by atoms with Gasteiger partial charge in [-0.05, 0) is 25.7 Å². The summed E-state index contributed by atoms with van der Waals surface area (Å²) in [5, 5.41) is 12.1. The third-order valence-electron chi connectivity index (χ3n) is 4.46. The zero-order chi connectivity index (χ0) is 14.3. The summed E-state index contributed by atoms with van der Waals surface area (Å²) in [5.41, 5.74) is -0.574. The van der Waals surface area contributed by atoms with E-state index in [-0.39, 0.29) is 18.2 Å². The van der Waals surface area contributed by atoms with Crippen molar-refractivity contribution in [2.24, 2.45) is 5.92 Å². The van der Waals surface area contributed by atoms with E-state index in [1.807, 2.05) is 13.8 Å². The highest BCUT2D eigenvalue weighted by Gasteiger charge is 2.33. The van der Waals surface area contributed by atoms with Gasteiger partial charge in [-0.3, -0.25) is 9.59 Å². The second kappa shape index (κ2) is 7.51. The molecule has 0 radical (unpaired) electrons. The summed E-state index contributed by atoms with van der Waals surface area (Å²) in [6, 6.07) is 0. The lowest BCUT2D eigenvalue weighted by atomic mass is 9.87. The fraction of sp³-hybridized carbons (Fsp3) is 0.867. The first kappa shape index (κ1) is 16.0. The van der Waals surface area contributed by atoms with Gasteiger partial charge < -0.3 is 10.4 Å². The van der Waals surface area contributed by atoms with Gasteiger partial charge in [0.2, 0.25) is 5.91 Å². The van der Waals surface area contributed by atoms with Crippen LogP contribution in [0.15, 0.2) is 0 Å². The van der Waals surface area contributed by atoms with E-state index in [4.69, 9.17) is 5.11 Å². The van der Waals surface area contributed by atoms with Crippen LogP contribution in [0.4, 0.5) is 0 Å². The van der Waals surface area contributed by atoms with E-state index < -0.39 is 11.5 Å². The maximum atomic E-state index is 12.4. The molecular formula is C15H27NO3. The second-order valence-corrected chi connectivity index (χ2v) is 5.74. The van der Waals surface area contributed by atoms with Crippen molar-refractivity contribution in [3.8, 4) is 0 Å². The molecule has 0 heterocycles. The van der Waals surface area contributed by atoms with Gasteiger partial charge in [-0.1, -0.05) is 39.5 Å². The number of rotatable bonds is 6. The summed E-state index contributed by atoms with van der Waals surface area (Å²) in [6.45, 7) is 3.89. The molecule has 0 aromatic heterocycles. The molecule has 0 aromatic rings. The minimum atomic E-state index is -0.843. The molecule has 110 valence electrons. The third-order valence-corrected chi connectivity index (χ3v) is 4.46. The maximum Gasteiger partial charge on any atom is 0.305 e. The smallest absolute Gasteiger partial charge is 0.305 e. The van der Waals surface area contributed by atoms with Gasteiger partial charge in [-0.15, -0.1) is 0 Å². The highest BCUT2D eigenvalue weighted by atomic mass is 16.4. The predicted molar refractivity (Wildman–Crippen MR) is 74.9 cm³/mol. The van der Waals surface area contributed by atoms with Gasteiger partial charge in [-0.25, -0.2) is 0 Å². The number of aliphatic carboxylic acids is 1. The quantitative estimate of drug-likeness (QED) is 0.728. The van der Waals surface area contributed by atoms with Crippen LogP contribution in [0.2, 0.25) is 0 Å². The predicted octanol–water partition coefficient (Wildman–Crippen LogP) is 3.11. The van der Waals surface area contributed by atoms with Crippen LogP contribution in [-0.2, 0) is 9.59 Å². The summed E-state index contributed by atoms with van der Waals surface area (Å²) in [4.78, 5) is 23.4. The van der Waals surface area contributed by atoms with E-state index in [2.05, 4.69) is 5.32 Å². The summed E-state index contributed by atoms with van der Waals surface area (Å²) in [5.74, 6) is -0.703. The zero-order valence-corrected chi connectivity index (χ0v) is 12.2. The number of carbonyl (C=O) groups excluding carboxylic acids is 1. The van der Waals surface area contributed by atoms with Gasteiger partial charge in [0.05, 0.1) is 6.42 Å².